The number of unbranched alkanes of at least 4 members (excludes halogenated alkanes) is 3. The maximum Gasteiger partial charge on any atom is 0.205 e. The van der Waals surface area contributed by atoms with E-state index in [-0.39, 0.29) is 18.3 Å². The summed E-state index contributed by atoms with van der Waals surface area (Å²) in [5, 5.41) is 9.33. The third-order valence-corrected chi connectivity index (χ3v) is 5.07. The Kier molecular flexibility index (Phi) is 13.1. The van der Waals surface area contributed by atoms with E-state index in [1.54, 1.807) is 6.92 Å². The Morgan fingerprint density at radius 3 is 2.16 bits per heavy atom. The first-order valence-corrected chi connectivity index (χ1v) is 11.6. The molecule has 172 valence electrons. The van der Waals surface area contributed by atoms with Gasteiger partial charge in [0.05, 0.1) is 19.3 Å². The van der Waals surface area contributed by atoms with Gasteiger partial charge in [-0.05, 0) is 49.7 Å². The zero-order valence-corrected chi connectivity index (χ0v) is 19.2. The summed E-state index contributed by atoms with van der Waals surface area (Å²) in [6.45, 7) is 3.59. The zero-order valence-electron chi connectivity index (χ0n) is 19.2. The number of hydrogen-bond donors (Lipinski definition) is 1. The summed E-state index contributed by atoms with van der Waals surface area (Å²) in [5.74, 6) is 5.58. The Balaban J connectivity index is 1.68. The zero-order chi connectivity index (χ0) is 22.9. The molecule has 0 aliphatic carbocycles. The van der Waals surface area contributed by atoms with Crippen molar-refractivity contribution in [2.24, 2.45) is 0 Å². The van der Waals surface area contributed by atoms with Crippen LogP contribution < -0.4 is 0 Å². The minimum atomic E-state index is -0.484. The second kappa shape index (κ2) is 16.2. The third-order valence-electron chi connectivity index (χ3n) is 5.07. The SMILES string of the molecule is CC(O)CCC(=O)C#CC(CCCCCCOCc1ccccc1)OCc1ccccc1. The minimum absolute atomic E-state index is 0.144. The number of carbonyl (C=O) groups excluding carboxylic acids is 1. The number of Topliss-reactive ketones (excluding diaryl/α,β-unsaturated/α-hetero) is 1. The van der Waals surface area contributed by atoms with E-state index in [4.69, 9.17) is 9.47 Å². The van der Waals surface area contributed by atoms with Gasteiger partial charge in [0.1, 0.15) is 6.10 Å². The molecule has 2 atom stereocenters. The summed E-state index contributed by atoms with van der Waals surface area (Å²) in [6, 6.07) is 20.2. The number of aliphatic hydroxyl groups is 1. The summed E-state index contributed by atoms with van der Waals surface area (Å²) in [4.78, 5) is 12.0. The molecular weight excluding hydrogens is 400 g/mol. The fourth-order valence-electron chi connectivity index (χ4n) is 3.18. The number of carbonyl (C=O) groups is 1. The number of ketones is 1. The lowest BCUT2D eigenvalue weighted by molar-refractivity contribution is -0.114. The van der Waals surface area contributed by atoms with Gasteiger partial charge < -0.3 is 14.6 Å². The molecule has 0 amide bonds. The first kappa shape index (κ1) is 25.8. The fourth-order valence-corrected chi connectivity index (χ4v) is 3.18. The second-order valence-electron chi connectivity index (χ2n) is 8.11. The van der Waals surface area contributed by atoms with Crippen molar-refractivity contribution in [1.29, 1.82) is 0 Å². The average molecular weight is 437 g/mol. The highest BCUT2D eigenvalue weighted by molar-refractivity contribution is 5.95. The van der Waals surface area contributed by atoms with Crippen molar-refractivity contribution in [2.45, 2.75) is 77.3 Å². The van der Waals surface area contributed by atoms with Crippen LogP contribution in [0.25, 0.3) is 0 Å². The van der Waals surface area contributed by atoms with Crippen LogP contribution >= 0.6 is 0 Å². The van der Waals surface area contributed by atoms with Crippen molar-refractivity contribution in [3.05, 3.63) is 71.8 Å². The molecule has 0 heterocycles. The largest absolute Gasteiger partial charge is 0.393 e. The topological polar surface area (TPSA) is 55.8 Å². The lowest BCUT2D eigenvalue weighted by Gasteiger charge is -2.12. The predicted molar refractivity (Wildman–Crippen MR) is 128 cm³/mol. The highest BCUT2D eigenvalue weighted by Gasteiger charge is 2.08. The van der Waals surface area contributed by atoms with E-state index in [9.17, 15) is 9.90 Å². The monoisotopic (exact) mass is 436 g/mol. The van der Waals surface area contributed by atoms with Gasteiger partial charge in [0.2, 0.25) is 5.78 Å². The Labute approximate surface area is 193 Å². The quantitative estimate of drug-likeness (QED) is 0.228. The Hall–Kier alpha value is -2.45. The molecule has 0 radical (unpaired) electrons. The number of ether oxygens (including phenoxy) is 2. The normalized spacial score (nSPS) is 12.6. The molecule has 0 bridgehead atoms. The van der Waals surface area contributed by atoms with Crippen molar-refractivity contribution >= 4 is 5.78 Å². The molecule has 4 nitrogen and oxygen atoms in total. The van der Waals surface area contributed by atoms with Crippen molar-refractivity contribution in [3.63, 3.8) is 0 Å². The predicted octanol–water partition coefficient (Wildman–Crippen LogP) is 5.47. The standard InChI is InChI=1S/C28H36O4/c1-24(29)17-18-27(30)19-20-28(32-23-26-14-8-5-9-15-26)16-10-2-3-11-21-31-22-25-12-6-4-7-13-25/h4-9,12-15,24,28-29H,2-3,10-11,16-18,21-23H2,1H3. The van der Waals surface area contributed by atoms with Gasteiger partial charge in [0, 0.05) is 13.0 Å². The molecule has 0 saturated carbocycles. The van der Waals surface area contributed by atoms with Gasteiger partial charge >= 0.3 is 0 Å². The van der Waals surface area contributed by atoms with Crippen molar-refractivity contribution in [2.75, 3.05) is 6.61 Å². The molecule has 0 aliphatic rings. The minimum Gasteiger partial charge on any atom is -0.393 e. The number of hydrogen-bond acceptors (Lipinski definition) is 4. The first-order chi connectivity index (χ1) is 15.6. The van der Waals surface area contributed by atoms with E-state index in [2.05, 4.69) is 24.0 Å². The van der Waals surface area contributed by atoms with Gasteiger partial charge in [-0.1, -0.05) is 79.4 Å². The Bertz CT molecular complexity index is 806. The Morgan fingerprint density at radius 2 is 1.50 bits per heavy atom. The van der Waals surface area contributed by atoms with Crippen LogP contribution in [0.5, 0.6) is 0 Å². The Morgan fingerprint density at radius 1 is 0.875 bits per heavy atom. The molecule has 0 saturated heterocycles. The van der Waals surface area contributed by atoms with Crippen LogP contribution in [0.1, 0.15) is 63.0 Å². The third kappa shape index (κ3) is 12.4. The second-order valence-corrected chi connectivity index (χ2v) is 8.11. The van der Waals surface area contributed by atoms with E-state index in [0.717, 1.165) is 44.3 Å². The highest BCUT2D eigenvalue weighted by atomic mass is 16.5. The van der Waals surface area contributed by atoms with Crippen LogP contribution in [0.3, 0.4) is 0 Å². The van der Waals surface area contributed by atoms with Crippen molar-refractivity contribution in [3.8, 4) is 11.8 Å². The summed E-state index contributed by atoms with van der Waals surface area (Å²) in [6.07, 6.45) is 4.98. The summed E-state index contributed by atoms with van der Waals surface area (Å²) < 4.78 is 11.7. The van der Waals surface area contributed by atoms with Crippen LogP contribution in [0.2, 0.25) is 0 Å². The van der Waals surface area contributed by atoms with Gasteiger partial charge in [0.15, 0.2) is 0 Å². The summed E-state index contributed by atoms with van der Waals surface area (Å²) in [7, 11) is 0. The first-order valence-electron chi connectivity index (χ1n) is 11.6. The molecule has 0 fully saturated rings. The molecule has 32 heavy (non-hydrogen) atoms. The van der Waals surface area contributed by atoms with Crippen LogP contribution in [0.4, 0.5) is 0 Å². The van der Waals surface area contributed by atoms with Crippen molar-refractivity contribution < 1.29 is 19.4 Å². The van der Waals surface area contributed by atoms with E-state index in [0.29, 0.717) is 19.6 Å². The van der Waals surface area contributed by atoms with E-state index >= 15 is 0 Å². The van der Waals surface area contributed by atoms with Crippen molar-refractivity contribution in [1.82, 2.24) is 0 Å². The van der Waals surface area contributed by atoms with Crippen LogP contribution in [-0.4, -0.2) is 29.7 Å². The molecule has 0 aromatic heterocycles. The molecule has 2 aromatic rings. The van der Waals surface area contributed by atoms with Gasteiger partial charge in [-0.3, -0.25) is 4.79 Å². The number of aliphatic hydroxyl groups excluding tert-OH is 1. The maximum absolute atomic E-state index is 12.0. The van der Waals surface area contributed by atoms with Crippen LogP contribution in [-0.2, 0) is 27.5 Å². The molecule has 2 unspecified atom stereocenters. The lowest BCUT2D eigenvalue weighted by Crippen LogP contribution is -2.12. The molecule has 1 N–H and O–H groups in total. The number of benzene rings is 2. The average Bonchev–Trinajstić information content (AvgIpc) is 2.82. The smallest absolute Gasteiger partial charge is 0.205 e. The molecule has 0 aliphatic heterocycles. The lowest BCUT2D eigenvalue weighted by atomic mass is 10.1. The number of rotatable bonds is 15. The van der Waals surface area contributed by atoms with Gasteiger partial charge in [-0.25, -0.2) is 0 Å². The van der Waals surface area contributed by atoms with Gasteiger partial charge in [0.25, 0.3) is 0 Å². The molecule has 0 spiro atoms. The summed E-state index contributed by atoms with van der Waals surface area (Å²) >= 11 is 0. The molecule has 2 aromatic carbocycles. The highest BCUT2D eigenvalue weighted by Crippen LogP contribution is 2.12. The van der Waals surface area contributed by atoms with E-state index < -0.39 is 6.10 Å². The summed E-state index contributed by atoms with van der Waals surface area (Å²) in [5.41, 5.74) is 2.29. The van der Waals surface area contributed by atoms with Crippen LogP contribution in [0.15, 0.2) is 60.7 Å². The fraction of sp³-hybridized carbons (Fsp3) is 0.464. The van der Waals surface area contributed by atoms with E-state index in [1.807, 2.05) is 48.5 Å². The van der Waals surface area contributed by atoms with Crippen LogP contribution in [0, 0.1) is 11.8 Å². The van der Waals surface area contributed by atoms with Gasteiger partial charge in [-0.2, -0.15) is 0 Å². The van der Waals surface area contributed by atoms with Gasteiger partial charge in [-0.15, -0.1) is 0 Å². The van der Waals surface area contributed by atoms with E-state index in [1.165, 1.54) is 5.56 Å². The molecular formula is C28H36O4. The maximum atomic E-state index is 12.0. The molecule has 2 rings (SSSR count). The molecule has 4 heteroatoms.